The number of aromatic nitrogens is 2. The van der Waals surface area contributed by atoms with Crippen LogP contribution in [0.4, 0.5) is 13.2 Å². The van der Waals surface area contributed by atoms with Crippen LogP contribution in [-0.2, 0) is 6.18 Å². The first-order valence-corrected chi connectivity index (χ1v) is 7.83. The molecule has 2 bridgehead atoms. The molecule has 1 aromatic rings. The first-order chi connectivity index (χ1) is 10.8. The number of nitrogens with zero attached hydrogens (tertiary/aromatic N) is 3. The molecule has 0 aromatic carbocycles. The number of hydrogen-bond donors (Lipinski definition) is 1. The Labute approximate surface area is 136 Å². The quantitative estimate of drug-likeness (QED) is 0.891. The number of carbonyl (C=O) groups excluding carboxylic acids is 1. The summed E-state index contributed by atoms with van der Waals surface area (Å²) in [7, 11) is 0. The molecule has 3 aliphatic heterocycles. The SMILES string of the molecule is O=C(N[C@@H]1CC2CCN(CC2)C1)c1ncc(Cl)c(C(F)(F)F)n1. The minimum atomic E-state index is -4.72. The van der Waals surface area contributed by atoms with E-state index in [4.69, 9.17) is 11.6 Å². The third kappa shape index (κ3) is 3.74. The molecule has 4 heterocycles. The molecule has 0 saturated carbocycles. The Morgan fingerprint density at radius 2 is 2.04 bits per heavy atom. The van der Waals surface area contributed by atoms with Gasteiger partial charge in [0, 0.05) is 12.6 Å². The lowest BCUT2D eigenvalue weighted by Crippen LogP contribution is -2.42. The van der Waals surface area contributed by atoms with Crippen LogP contribution in [0.25, 0.3) is 0 Å². The largest absolute Gasteiger partial charge is 0.434 e. The number of halogens is 4. The fraction of sp³-hybridized carbons (Fsp3) is 0.643. The second kappa shape index (κ2) is 6.24. The Bertz CT molecular complexity index is 588. The molecule has 1 aromatic heterocycles. The highest BCUT2D eigenvalue weighted by Crippen LogP contribution is 2.32. The van der Waals surface area contributed by atoms with Gasteiger partial charge in [-0.1, -0.05) is 11.6 Å². The number of carbonyl (C=O) groups is 1. The molecule has 0 aliphatic carbocycles. The molecule has 126 valence electrons. The van der Waals surface area contributed by atoms with E-state index in [1.807, 2.05) is 0 Å². The summed E-state index contributed by atoms with van der Waals surface area (Å²) < 4.78 is 38.4. The molecule has 4 rings (SSSR count). The number of alkyl halides is 3. The van der Waals surface area contributed by atoms with Crippen LogP contribution in [0.15, 0.2) is 6.20 Å². The number of piperidine rings is 1. The first-order valence-electron chi connectivity index (χ1n) is 7.46. The fourth-order valence-electron chi connectivity index (χ4n) is 3.22. The van der Waals surface area contributed by atoms with Gasteiger partial charge in [-0.3, -0.25) is 4.79 Å². The molecular formula is C14H16ClF3N4O. The van der Waals surface area contributed by atoms with E-state index in [1.54, 1.807) is 0 Å². The molecule has 1 N–H and O–H groups in total. The zero-order valence-electron chi connectivity index (χ0n) is 12.2. The van der Waals surface area contributed by atoms with Crippen LogP contribution in [0.3, 0.4) is 0 Å². The molecule has 1 atom stereocenters. The minimum absolute atomic E-state index is 0.0916. The highest BCUT2D eigenvalue weighted by atomic mass is 35.5. The van der Waals surface area contributed by atoms with Gasteiger partial charge in [0.25, 0.3) is 5.91 Å². The van der Waals surface area contributed by atoms with E-state index < -0.39 is 28.6 Å². The van der Waals surface area contributed by atoms with Crippen LogP contribution in [0.5, 0.6) is 0 Å². The Kier molecular flexibility index (Phi) is 4.46. The maximum absolute atomic E-state index is 12.8. The van der Waals surface area contributed by atoms with Gasteiger partial charge in [-0.25, -0.2) is 9.97 Å². The zero-order chi connectivity index (χ0) is 16.6. The molecule has 5 nitrogen and oxygen atoms in total. The number of hydrogen-bond acceptors (Lipinski definition) is 4. The Morgan fingerprint density at radius 1 is 1.35 bits per heavy atom. The first kappa shape index (κ1) is 16.4. The molecule has 0 spiro atoms. The summed E-state index contributed by atoms with van der Waals surface area (Å²) in [6.07, 6.45) is -0.874. The van der Waals surface area contributed by atoms with E-state index in [1.165, 1.54) is 0 Å². The highest BCUT2D eigenvalue weighted by Gasteiger charge is 2.37. The Hall–Kier alpha value is -1.41. The van der Waals surface area contributed by atoms with Crippen molar-refractivity contribution in [2.45, 2.75) is 31.5 Å². The molecule has 0 unspecified atom stereocenters. The average Bonchev–Trinajstić information content (AvgIpc) is 2.78. The number of fused-ring (bicyclic) bond motifs is 4. The van der Waals surface area contributed by atoms with Crippen LogP contribution < -0.4 is 5.32 Å². The number of nitrogens with one attached hydrogen (secondary N) is 1. The van der Waals surface area contributed by atoms with E-state index in [9.17, 15) is 18.0 Å². The lowest BCUT2D eigenvalue weighted by Gasteiger charge is -2.26. The van der Waals surface area contributed by atoms with Gasteiger partial charge in [-0.15, -0.1) is 0 Å². The van der Waals surface area contributed by atoms with Crippen molar-refractivity contribution in [3.63, 3.8) is 0 Å². The molecule has 9 heteroatoms. The average molecular weight is 349 g/mol. The second-order valence-electron chi connectivity index (χ2n) is 6.04. The zero-order valence-corrected chi connectivity index (χ0v) is 13.0. The highest BCUT2D eigenvalue weighted by molar-refractivity contribution is 6.31. The fourth-order valence-corrected chi connectivity index (χ4v) is 3.42. The number of amides is 1. The minimum Gasteiger partial charge on any atom is -0.345 e. The molecule has 3 saturated heterocycles. The van der Waals surface area contributed by atoms with Gasteiger partial charge in [0.15, 0.2) is 5.69 Å². The van der Waals surface area contributed by atoms with Gasteiger partial charge in [0.2, 0.25) is 5.82 Å². The van der Waals surface area contributed by atoms with Gasteiger partial charge in [0.1, 0.15) is 0 Å². The monoisotopic (exact) mass is 348 g/mol. The summed E-state index contributed by atoms with van der Waals surface area (Å²) in [5, 5.41) is 2.14. The summed E-state index contributed by atoms with van der Waals surface area (Å²) in [6.45, 7) is 2.72. The summed E-state index contributed by atoms with van der Waals surface area (Å²) in [6, 6.07) is -0.0916. The van der Waals surface area contributed by atoms with Crippen molar-refractivity contribution in [3.05, 3.63) is 22.7 Å². The van der Waals surface area contributed by atoms with E-state index in [2.05, 4.69) is 20.2 Å². The summed E-state index contributed by atoms with van der Waals surface area (Å²) in [4.78, 5) is 21.4. The standard InChI is InChI=1S/C14H16ClF3N4O/c15-10-6-19-12(21-11(10)14(16,17)18)13(23)20-9-5-8-1-3-22(7-9)4-2-8/h6,8-9H,1-5,7H2,(H,20,23)/t9-/m1/s1. The maximum Gasteiger partial charge on any atom is 0.434 e. The van der Waals surface area contributed by atoms with Crippen molar-refractivity contribution >= 4 is 17.5 Å². The second-order valence-corrected chi connectivity index (χ2v) is 6.45. The topological polar surface area (TPSA) is 58.1 Å². The van der Waals surface area contributed by atoms with Gasteiger partial charge in [-0.05, 0) is 38.3 Å². The van der Waals surface area contributed by atoms with E-state index >= 15 is 0 Å². The van der Waals surface area contributed by atoms with Crippen LogP contribution in [0.2, 0.25) is 5.02 Å². The molecule has 3 fully saturated rings. The van der Waals surface area contributed by atoms with Crippen molar-refractivity contribution in [3.8, 4) is 0 Å². The smallest absolute Gasteiger partial charge is 0.345 e. The molecule has 23 heavy (non-hydrogen) atoms. The van der Waals surface area contributed by atoms with Gasteiger partial charge >= 0.3 is 6.18 Å². The van der Waals surface area contributed by atoms with Crippen LogP contribution in [0, 0.1) is 5.92 Å². The van der Waals surface area contributed by atoms with Crippen molar-refractivity contribution in [2.24, 2.45) is 5.92 Å². The van der Waals surface area contributed by atoms with Gasteiger partial charge < -0.3 is 10.2 Å². The summed E-state index contributed by atoms with van der Waals surface area (Å²) in [5.41, 5.74) is -1.29. The predicted molar refractivity (Wildman–Crippen MR) is 77.1 cm³/mol. The lowest BCUT2D eigenvalue weighted by molar-refractivity contribution is -0.141. The summed E-state index contributed by atoms with van der Waals surface area (Å²) >= 11 is 5.46. The van der Waals surface area contributed by atoms with E-state index in [0.29, 0.717) is 12.5 Å². The van der Waals surface area contributed by atoms with Crippen molar-refractivity contribution < 1.29 is 18.0 Å². The lowest BCUT2D eigenvalue weighted by atomic mass is 9.94. The third-order valence-electron chi connectivity index (χ3n) is 4.35. The van der Waals surface area contributed by atoms with Gasteiger partial charge in [0.05, 0.1) is 11.2 Å². The molecule has 0 radical (unpaired) electrons. The Morgan fingerprint density at radius 3 is 2.70 bits per heavy atom. The van der Waals surface area contributed by atoms with Crippen LogP contribution in [0.1, 0.15) is 35.6 Å². The molecular weight excluding hydrogens is 333 g/mol. The number of rotatable bonds is 2. The van der Waals surface area contributed by atoms with E-state index in [0.717, 1.165) is 38.5 Å². The Balaban J connectivity index is 1.73. The van der Waals surface area contributed by atoms with Crippen molar-refractivity contribution in [1.82, 2.24) is 20.2 Å². The van der Waals surface area contributed by atoms with Crippen molar-refractivity contribution in [2.75, 3.05) is 19.6 Å². The van der Waals surface area contributed by atoms with Gasteiger partial charge in [-0.2, -0.15) is 13.2 Å². The summed E-state index contributed by atoms with van der Waals surface area (Å²) in [5.74, 6) is -0.649. The normalized spacial score (nSPS) is 27.6. The predicted octanol–water partition coefficient (Wildman–Crippen LogP) is 2.36. The van der Waals surface area contributed by atoms with Crippen LogP contribution in [-0.4, -0.2) is 46.5 Å². The van der Waals surface area contributed by atoms with Crippen LogP contribution >= 0.6 is 11.6 Å². The molecule has 1 amide bonds. The third-order valence-corrected chi connectivity index (χ3v) is 4.63. The molecule has 3 aliphatic rings. The van der Waals surface area contributed by atoms with Crippen molar-refractivity contribution in [1.29, 1.82) is 0 Å². The maximum atomic E-state index is 12.8. The van der Waals surface area contributed by atoms with E-state index in [-0.39, 0.29) is 6.04 Å².